The summed E-state index contributed by atoms with van der Waals surface area (Å²) in [5.41, 5.74) is 4.20. The third-order valence-electron chi connectivity index (χ3n) is 3.70. The van der Waals surface area contributed by atoms with Crippen LogP contribution in [0, 0.1) is 6.92 Å². The average molecular weight is 266 g/mol. The number of ketones is 1. The molecule has 2 aromatic carbocycles. The van der Waals surface area contributed by atoms with Gasteiger partial charge in [0.15, 0.2) is 5.78 Å². The maximum atomic E-state index is 12.3. The standard InChI is InChI=1S/C18H18O2/c1-12-3-5-14(6-4-12)10-17(19)15-7-8-18-16(11-15)9-13(2)20-18/h3-8,11,13H,9-10H2,1-2H3. The van der Waals surface area contributed by atoms with Crippen LogP contribution in [0.3, 0.4) is 0 Å². The highest BCUT2D eigenvalue weighted by atomic mass is 16.5. The van der Waals surface area contributed by atoms with Gasteiger partial charge in [-0.15, -0.1) is 0 Å². The fourth-order valence-electron chi connectivity index (χ4n) is 2.59. The van der Waals surface area contributed by atoms with Gasteiger partial charge in [-0.3, -0.25) is 4.79 Å². The van der Waals surface area contributed by atoms with E-state index in [1.807, 2.05) is 56.3 Å². The minimum atomic E-state index is 0.163. The van der Waals surface area contributed by atoms with E-state index in [4.69, 9.17) is 4.74 Å². The van der Waals surface area contributed by atoms with E-state index in [1.165, 1.54) is 5.56 Å². The van der Waals surface area contributed by atoms with Gasteiger partial charge in [0.25, 0.3) is 0 Å². The number of hydrogen-bond acceptors (Lipinski definition) is 2. The van der Waals surface area contributed by atoms with E-state index in [0.29, 0.717) is 6.42 Å². The Kier molecular flexibility index (Phi) is 3.31. The number of ether oxygens (including phenoxy) is 1. The molecule has 0 bridgehead atoms. The van der Waals surface area contributed by atoms with Crippen molar-refractivity contribution in [2.75, 3.05) is 0 Å². The summed E-state index contributed by atoms with van der Waals surface area (Å²) in [6, 6.07) is 13.9. The van der Waals surface area contributed by atoms with Crippen molar-refractivity contribution in [2.45, 2.75) is 32.8 Å². The third kappa shape index (κ3) is 2.60. The molecule has 2 nitrogen and oxygen atoms in total. The second-order valence-electron chi connectivity index (χ2n) is 5.54. The first-order valence-electron chi connectivity index (χ1n) is 7.00. The quantitative estimate of drug-likeness (QED) is 0.791. The molecule has 0 N–H and O–H groups in total. The monoisotopic (exact) mass is 266 g/mol. The summed E-state index contributed by atoms with van der Waals surface area (Å²) in [6.07, 6.45) is 1.56. The molecule has 1 aliphatic rings. The van der Waals surface area contributed by atoms with Gasteiger partial charge in [0, 0.05) is 18.4 Å². The van der Waals surface area contributed by atoms with Crippen LogP contribution in [0.15, 0.2) is 42.5 Å². The van der Waals surface area contributed by atoms with Gasteiger partial charge in [-0.25, -0.2) is 0 Å². The predicted octanol–water partition coefficient (Wildman–Crippen LogP) is 3.74. The Labute approximate surface area is 119 Å². The molecule has 0 aliphatic carbocycles. The zero-order chi connectivity index (χ0) is 14.1. The van der Waals surface area contributed by atoms with E-state index in [0.717, 1.165) is 28.9 Å². The molecule has 102 valence electrons. The van der Waals surface area contributed by atoms with Crippen molar-refractivity contribution in [2.24, 2.45) is 0 Å². The molecule has 1 unspecified atom stereocenters. The number of benzene rings is 2. The number of fused-ring (bicyclic) bond motifs is 1. The number of carbonyl (C=O) groups excluding carboxylic acids is 1. The van der Waals surface area contributed by atoms with E-state index in [9.17, 15) is 4.79 Å². The molecule has 0 aromatic heterocycles. The molecule has 0 saturated heterocycles. The van der Waals surface area contributed by atoms with Gasteiger partial charge in [-0.2, -0.15) is 0 Å². The van der Waals surface area contributed by atoms with Crippen LogP contribution >= 0.6 is 0 Å². The summed E-state index contributed by atoms with van der Waals surface area (Å²) in [6.45, 7) is 4.10. The Morgan fingerprint density at radius 3 is 2.70 bits per heavy atom. The van der Waals surface area contributed by atoms with Crippen LogP contribution in [0.1, 0.15) is 34.0 Å². The molecule has 0 saturated carbocycles. The predicted molar refractivity (Wildman–Crippen MR) is 79.4 cm³/mol. The summed E-state index contributed by atoms with van der Waals surface area (Å²) >= 11 is 0. The van der Waals surface area contributed by atoms with Gasteiger partial charge < -0.3 is 4.74 Å². The van der Waals surface area contributed by atoms with Crippen molar-refractivity contribution >= 4 is 5.78 Å². The highest BCUT2D eigenvalue weighted by Crippen LogP contribution is 2.29. The molecule has 0 amide bonds. The van der Waals surface area contributed by atoms with Crippen LogP contribution in [0.4, 0.5) is 0 Å². The smallest absolute Gasteiger partial charge is 0.167 e. The molecule has 0 spiro atoms. The molecule has 1 aliphatic heterocycles. The number of aryl methyl sites for hydroxylation is 1. The number of carbonyl (C=O) groups is 1. The molecule has 3 rings (SSSR count). The van der Waals surface area contributed by atoms with Crippen molar-refractivity contribution in [3.63, 3.8) is 0 Å². The summed E-state index contributed by atoms with van der Waals surface area (Å²) in [7, 11) is 0. The Morgan fingerprint density at radius 1 is 1.20 bits per heavy atom. The molecular formula is C18H18O2. The Morgan fingerprint density at radius 2 is 1.95 bits per heavy atom. The molecule has 1 heterocycles. The molecule has 2 aromatic rings. The van der Waals surface area contributed by atoms with Crippen molar-refractivity contribution in [3.8, 4) is 5.75 Å². The maximum Gasteiger partial charge on any atom is 0.167 e. The Balaban J connectivity index is 1.78. The lowest BCUT2D eigenvalue weighted by molar-refractivity contribution is 0.0993. The molecule has 2 heteroatoms. The highest BCUT2D eigenvalue weighted by molar-refractivity contribution is 5.97. The lowest BCUT2D eigenvalue weighted by atomic mass is 9.99. The normalized spacial score (nSPS) is 16.6. The van der Waals surface area contributed by atoms with Crippen LogP contribution in [0.2, 0.25) is 0 Å². The van der Waals surface area contributed by atoms with Gasteiger partial charge in [0.05, 0.1) is 0 Å². The van der Waals surface area contributed by atoms with Crippen molar-refractivity contribution < 1.29 is 9.53 Å². The lowest BCUT2D eigenvalue weighted by Crippen LogP contribution is -2.05. The summed E-state index contributed by atoms with van der Waals surface area (Å²) in [4.78, 5) is 12.3. The van der Waals surface area contributed by atoms with Gasteiger partial charge in [-0.05, 0) is 43.2 Å². The molecule has 20 heavy (non-hydrogen) atoms. The Hall–Kier alpha value is -2.09. The zero-order valence-corrected chi connectivity index (χ0v) is 11.8. The molecule has 0 fully saturated rings. The van der Waals surface area contributed by atoms with Crippen LogP contribution in [-0.4, -0.2) is 11.9 Å². The minimum Gasteiger partial charge on any atom is -0.490 e. The number of rotatable bonds is 3. The molecular weight excluding hydrogens is 248 g/mol. The van der Waals surface area contributed by atoms with Crippen molar-refractivity contribution in [1.29, 1.82) is 0 Å². The largest absolute Gasteiger partial charge is 0.490 e. The van der Waals surface area contributed by atoms with Crippen molar-refractivity contribution in [3.05, 3.63) is 64.7 Å². The SMILES string of the molecule is Cc1ccc(CC(=O)c2ccc3c(c2)CC(C)O3)cc1. The summed E-state index contributed by atoms with van der Waals surface area (Å²) in [5.74, 6) is 1.08. The third-order valence-corrected chi connectivity index (χ3v) is 3.70. The maximum absolute atomic E-state index is 12.3. The first-order valence-corrected chi connectivity index (χ1v) is 7.00. The summed E-state index contributed by atoms with van der Waals surface area (Å²) < 4.78 is 5.66. The minimum absolute atomic E-state index is 0.163. The van der Waals surface area contributed by atoms with Crippen LogP contribution in [-0.2, 0) is 12.8 Å². The lowest BCUT2D eigenvalue weighted by Gasteiger charge is -2.05. The number of Topliss-reactive ketones (excluding diaryl/α,β-unsaturated/α-hetero) is 1. The average Bonchev–Trinajstić information content (AvgIpc) is 2.80. The molecule has 0 radical (unpaired) electrons. The second kappa shape index (κ2) is 5.12. The van der Waals surface area contributed by atoms with Gasteiger partial charge in [-0.1, -0.05) is 29.8 Å². The van der Waals surface area contributed by atoms with Crippen LogP contribution in [0.5, 0.6) is 5.75 Å². The van der Waals surface area contributed by atoms with E-state index in [1.54, 1.807) is 0 Å². The van der Waals surface area contributed by atoms with E-state index < -0.39 is 0 Å². The first kappa shape index (κ1) is 12.9. The molecule has 1 atom stereocenters. The van der Waals surface area contributed by atoms with Gasteiger partial charge >= 0.3 is 0 Å². The van der Waals surface area contributed by atoms with E-state index >= 15 is 0 Å². The first-order chi connectivity index (χ1) is 9.61. The number of hydrogen-bond donors (Lipinski definition) is 0. The van der Waals surface area contributed by atoms with E-state index in [-0.39, 0.29) is 11.9 Å². The fourth-order valence-corrected chi connectivity index (χ4v) is 2.59. The second-order valence-corrected chi connectivity index (χ2v) is 5.54. The zero-order valence-electron chi connectivity index (χ0n) is 11.8. The fraction of sp³-hybridized carbons (Fsp3) is 0.278. The van der Waals surface area contributed by atoms with Gasteiger partial charge in [0.2, 0.25) is 0 Å². The summed E-state index contributed by atoms with van der Waals surface area (Å²) in [5, 5.41) is 0. The van der Waals surface area contributed by atoms with Crippen LogP contribution in [0.25, 0.3) is 0 Å². The van der Waals surface area contributed by atoms with Gasteiger partial charge in [0.1, 0.15) is 11.9 Å². The van der Waals surface area contributed by atoms with Crippen LogP contribution < -0.4 is 4.74 Å². The topological polar surface area (TPSA) is 26.3 Å². The highest BCUT2D eigenvalue weighted by Gasteiger charge is 2.20. The van der Waals surface area contributed by atoms with E-state index in [2.05, 4.69) is 0 Å². The Bertz CT molecular complexity index is 641. The van der Waals surface area contributed by atoms with Crippen molar-refractivity contribution in [1.82, 2.24) is 0 Å².